The topological polar surface area (TPSA) is 141 Å². The van der Waals surface area contributed by atoms with Gasteiger partial charge in [-0.15, -0.1) is 11.6 Å². The number of ether oxygens (including phenoxy) is 2. The summed E-state index contributed by atoms with van der Waals surface area (Å²) in [7, 11) is 0. The number of carbonyl (C=O) groups is 1. The van der Waals surface area contributed by atoms with E-state index in [-0.39, 0.29) is 24.5 Å². The van der Waals surface area contributed by atoms with Crippen LogP contribution in [0.15, 0.2) is 48.9 Å². The summed E-state index contributed by atoms with van der Waals surface area (Å²) in [5.74, 6) is 1.39. The standard InChI is InChI=1S/C28H36ClN9O3/c1-4-40-15-12-32-25-24(23(30)20(3)29)35-27(36-26(25)34-22-10-11-31-18-33-22)37-13-14-38(19(2)16-37)28(39)41-17-21-8-6-5-7-9-21/h5-11,18-20,30,32H,4,12-17H2,1-3H3,(H,31,33,34,35,36)/t19-,20?/m1/s1. The third kappa shape index (κ3) is 8.01. The van der Waals surface area contributed by atoms with Crippen LogP contribution >= 0.6 is 11.6 Å². The zero-order valence-electron chi connectivity index (χ0n) is 23.5. The van der Waals surface area contributed by atoms with Crippen LogP contribution in [0.2, 0.25) is 0 Å². The number of aromatic nitrogens is 4. The van der Waals surface area contributed by atoms with Gasteiger partial charge in [-0.2, -0.15) is 4.98 Å². The minimum atomic E-state index is -0.591. The fraction of sp³-hybridized carbons (Fsp3) is 0.429. The van der Waals surface area contributed by atoms with Gasteiger partial charge in [-0.25, -0.2) is 19.7 Å². The molecule has 1 aliphatic rings. The van der Waals surface area contributed by atoms with Crippen LogP contribution in [0.3, 0.4) is 0 Å². The van der Waals surface area contributed by atoms with Crippen molar-refractivity contribution in [1.82, 2.24) is 24.8 Å². The van der Waals surface area contributed by atoms with Gasteiger partial charge in [0.1, 0.15) is 30.1 Å². The van der Waals surface area contributed by atoms with E-state index >= 15 is 0 Å². The average Bonchev–Trinajstić information content (AvgIpc) is 2.99. The first-order chi connectivity index (χ1) is 19.9. The molecule has 3 aromatic rings. The lowest BCUT2D eigenvalue weighted by atomic mass is 10.1. The van der Waals surface area contributed by atoms with E-state index < -0.39 is 5.38 Å². The predicted molar refractivity (Wildman–Crippen MR) is 159 cm³/mol. The van der Waals surface area contributed by atoms with E-state index in [1.165, 1.54) is 6.33 Å². The highest BCUT2D eigenvalue weighted by Crippen LogP contribution is 2.31. The zero-order valence-corrected chi connectivity index (χ0v) is 24.3. The number of piperazine rings is 1. The lowest BCUT2D eigenvalue weighted by molar-refractivity contribution is 0.0793. The van der Waals surface area contributed by atoms with Crippen LogP contribution in [0.4, 0.5) is 28.1 Å². The predicted octanol–water partition coefficient (Wildman–Crippen LogP) is 4.30. The molecular formula is C28H36ClN9O3. The summed E-state index contributed by atoms with van der Waals surface area (Å²) in [5.41, 5.74) is 1.99. The highest BCUT2D eigenvalue weighted by molar-refractivity contribution is 6.34. The second-order valence-electron chi connectivity index (χ2n) is 9.50. The molecule has 3 N–H and O–H groups in total. The molecule has 0 spiro atoms. The number of hydrogen-bond donors (Lipinski definition) is 3. The number of carbonyl (C=O) groups excluding carboxylic acids is 1. The van der Waals surface area contributed by atoms with Gasteiger partial charge in [0.25, 0.3) is 0 Å². The van der Waals surface area contributed by atoms with Crippen LogP contribution in [0, 0.1) is 5.41 Å². The molecule has 12 nitrogen and oxygen atoms in total. The summed E-state index contributed by atoms with van der Waals surface area (Å²) in [5, 5.41) is 14.7. The smallest absolute Gasteiger partial charge is 0.410 e. The minimum absolute atomic E-state index is 0.149. The van der Waals surface area contributed by atoms with Crippen LogP contribution in [0.5, 0.6) is 0 Å². The number of nitrogens with zero attached hydrogens (tertiary/aromatic N) is 6. The monoisotopic (exact) mass is 581 g/mol. The molecule has 1 aliphatic heterocycles. The van der Waals surface area contributed by atoms with Crippen molar-refractivity contribution >= 4 is 46.7 Å². The van der Waals surface area contributed by atoms with Crippen molar-refractivity contribution in [3.05, 3.63) is 60.2 Å². The van der Waals surface area contributed by atoms with E-state index in [0.29, 0.717) is 68.4 Å². The maximum atomic E-state index is 12.9. The average molecular weight is 582 g/mol. The molecule has 13 heteroatoms. The van der Waals surface area contributed by atoms with Gasteiger partial charge in [0.05, 0.1) is 17.7 Å². The van der Waals surface area contributed by atoms with Crippen LogP contribution in [-0.4, -0.2) is 87.5 Å². The fourth-order valence-electron chi connectivity index (χ4n) is 4.32. The first-order valence-corrected chi connectivity index (χ1v) is 14.0. The largest absolute Gasteiger partial charge is 0.445 e. The zero-order chi connectivity index (χ0) is 29.2. The van der Waals surface area contributed by atoms with Crippen molar-refractivity contribution in [3.63, 3.8) is 0 Å². The molecule has 2 atom stereocenters. The number of nitrogens with one attached hydrogen (secondary N) is 3. The Morgan fingerprint density at radius 3 is 2.71 bits per heavy atom. The summed E-state index contributed by atoms with van der Waals surface area (Å²) in [6.45, 7) is 8.77. The molecule has 1 unspecified atom stereocenters. The van der Waals surface area contributed by atoms with Gasteiger partial charge >= 0.3 is 6.09 Å². The Kier molecular flexibility index (Phi) is 10.6. The highest BCUT2D eigenvalue weighted by Gasteiger charge is 2.31. The Hall–Kier alpha value is -4.03. The fourth-order valence-corrected chi connectivity index (χ4v) is 4.43. The number of hydrogen-bond acceptors (Lipinski definition) is 11. The second-order valence-corrected chi connectivity index (χ2v) is 10.2. The minimum Gasteiger partial charge on any atom is -0.445 e. The quantitative estimate of drug-likeness (QED) is 0.161. The molecule has 0 aliphatic carbocycles. The molecule has 0 saturated carbocycles. The van der Waals surface area contributed by atoms with Gasteiger partial charge in [-0.05, 0) is 32.4 Å². The maximum Gasteiger partial charge on any atom is 0.410 e. The van der Waals surface area contributed by atoms with E-state index in [9.17, 15) is 4.79 Å². The Balaban J connectivity index is 1.57. The Labute approximate surface area is 245 Å². The number of rotatable bonds is 12. The van der Waals surface area contributed by atoms with Gasteiger partial charge in [-0.3, -0.25) is 0 Å². The molecule has 1 amide bonds. The Bertz CT molecular complexity index is 1300. The summed E-state index contributed by atoms with van der Waals surface area (Å²) >= 11 is 6.37. The Morgan fingerprint density at radius 2 is 2.02 bits per heavy atom. The van der Waals surface area contributed by atoms with Gasteiger partial charge in [0.15, 0.2) is 5.82 Å². The van der Waals surface area contributed by atoms with E-state index in [1.54, 1.807) is 24.1 Å². The van der Waals surface area contributed by atoms with Crippen molar-refractivity contribution in [2.24, 2.45) is 0 Å². The lowest BCUT2D eigenvalue weighted by Gasteiger charge is -2.39. The number of amides is 1. The van der Waals surface area contributed by atoms with Crippen LogP contribution in [-0.2, 0) is 16.1 Å². The molecule has 1 aromatic carbocycles. The number of halogens is 1. The highest BCUT2D eigenvalue weighted by atomic mass is 35.5. The third-order valence-electron chi connectivity index (χ3n) is 6.48. The molecule has 41 heavy (non-hydrogen) atoms. The van der Waals surface area contributed by atoms with Crippen LogP contribution in [0.25, 0.3) is 0 Å². The molecule has 3 heterocycles. The molecule has 1 saturated heterocycles. The van der Waals surface area contributed by atoms with Crippen LogP contribution < -0.4 is 15.5 Å². The first-order valence-electron chi connectivity index (χ1n) is 13.6. The summed E-state index contributed by atoms with van der Waals surface area (Å²) < 4.78 is 11.1. The SMILES string of the molecule is CCOCCNc1c(Nc2ccncn2)nc(N2CCN(C(=O)OCc3ccccc3)[C@H](C)C2)nc1C(=N)C(C)Cl. The van der Waals surface area contributed by atoms with Crippen molar-refractivity contribution in [3.8, 4) is 0 Å². The Morgan fingerprint density at radius 1 is 1.22 bits per heavy atom. The van der Waals surface area contributed by atoms with Gasteiger partial charge in [0.2, 0.25) is 5.95 Å². The molecule has 2 aromatic heterocycles. The number of benzene rings is 1. The summed E-state index contributed by atoms with van der Waals surface area (Å²) in [4.78, 5) is 34.5. The van der Waals surface area contributed by atoms with Gasteiger partial charge in [-0.1, -0.05) is 30.3 Å². The number of anilines is 4. The maximum absolute atomic E-state index is 12.9. The molecule has 1 fully saturated rings. The van der Waals surface area contributed by atoms with E-state index in [4.69, 9.17) is 36.5 Å². The van der Waals surface area contributed by atoms with E-state index in [2.05, 4.69) is 20.6 Å². The molecule has 0 bridgehead atoms. The number of alkyl halides is 1. The van der Waals surface area contributed by atoms with E-state index in [0.717, 1.165) is 5.56 Å². The second kappa shape index (κ2) is 14.6. The van der Waals surface area contributed by atoms with Crippen molar-refractivity contribution in [2.45, 2.75) is 38.8 Å². The lowest BCUT2D eigenvalue weighted by Crippen LogP contribution is -2.54. The third-order valence-corrected chi connectivity index (χ3v) is 6.70. The van der Waals surface area contributed by atoms with Crippen molar-refractivity contribution in [1.29, 1.82) is 5.41 Å². The summed E-state index contributed by atoms with van der Waals surface area (Å²) in [6, 6.07) is 11.2. The van der Waals surface area contributed by atoms with Crippen molar-refractivity contribution in [2.75, 3.05) is 54.9 Å². The van der Waals surface area contributed by atoms with Gasteiger partial charge in [0, 0.05) is 45.0 Å². The molecule has 4 rings (SSSR count). The summed E-state index contributed by atoms with van der Waals surface area (Å²) in [6.07, 6.45) is 2.70. The molecular weight excluding hydrogens is 546 g/mol. The molecule has 0 radical (unpaired) electrons. The van der Waals surface area contributed by atoms with E-state index in [1.807, 2.05) is 49.1 Å². The van der Waals surface area contributed by atoms with Crippen molar-refractivity contribution < 1.29 is 14.3 Å². The molecule has 218 valence electrons. The van der Waals surface area contributed by atoms with Crippen LogP contribution in [0.1, 0.15) is 32.0 Å². The normalized spacial score (nSPS) is 15.8. The first kappa shape index (κ1) is 29.9. The van der Waals surface area contributed by atoms with Gasteiger partial charge < -0.3 is 35.3 Å².